The molecule has 0 aromatic heterocycles. The summed E-state index contributed by atoms with van der Waals surface area (Å²) in [5.41, 5.74) is 7.01. The van der Waals surface area contributed by atoms with Gasteiger partial charge in [-0.25, -0.2) is 9.59 Å². The Balaban J connectivity index is 1.37. The number of imide groups is 1. The maximum absolute atomic E-state index is 14.8. The number of hydrogen-bond donors (Lipinski definition) is 8. The number of urea groups is 1. The number of ether oxygens (including phenoxy) is 3. The highest BCUT2D eigenvalue weighted by Crippen LogP contribution is 2.31. The van der Waals surface area contributed by atoms with Crippen molar-refractivity contribution in [3.63, 3.8) is 0 Å². The highest BCUT2D eigenvalue weighted by molar-refractivity contribution is 6.02. The number of anilines is 1. The van der Waals surface area contributed by atoms with Crippen LogP contribution in [0.5, 0.6) is 0 Å². The molecule has 4 rings (SSSR count). The molecular formula is C68H105N11O15. The molecule has 0 spiro atoms. The fourth-order valence-corrected chi connectivity index (χ4v) is 12.1. The molecule has 522 valence electrons. The highest BCUT2D eigenvalue weighted by atomic mass is 16.6. The van der Waals surface area contributed by atoms with Crippen LogP contribution in [0.15, 0.2) is 66.7 Å². The Hall–Kier alpha value is -7.97. The van der Waals surface area contributed by atoms with E-state index >= 15 is 0 Å². The number of nitrogens with zero attached hydrogens (tertiary/aromatic N) is 4. The topological polar surface area (TPSA) is 347 Å². The van der Waals surface area contributed by atoms with Crippen LogP contribution < -0.4 is 37.6 Å². The lowest BCUT2D eigenvalue weighted by atomic mass is 9.89. The number of aliphatic hydroxyl groups is 1. The number of amides is 12. The Bertz CT molecular complexity index is 2880. The molecule has 0 saturated carbocycles. The Labute approximate surface area is 554 Å². The van der Waals surface area contributed by atoms with E-state index in [0.717, 1.165) is 4.90 Å². The lowest BCUT2D eigenvalue weighted by Crippen LogP contribution is -2.60. The minimum atomic E-state index is -1.28. The summed E-state index contributed by atoms with van der Waals surface area (Å²) in [6, 6.07) is 8.42. The number of benzene rings is 2. The highest BCUT2D eigenvalue weighted by Gasteiger charge is 2.44. The number of aliphatic hydroxyl groups excluding tert-OH is 1. The van der Waals surface area contributed by atoms with Crippen molar-refractivity contribution >= 4 is 71.0 Å². The summed E-state index contributed by atoms with van der Waals surface area (Å²) in [5.74, 6) is -5.39. The van der Waals surface area contributed by atoms with Crippen molar-refractivity contribution in [3.05, 3.63) is 77.9 Å². The Kier molecular flexibility index (Phi) is 32.1. The zero-order valence-corrected chi connectivity index (χ0v) is 57.3. The third kappa shape index (κ3) is 22.9. The number of unbranched alkanes of at least 4 members (excludes halogenated alkanes) is 2. The molecule has 0 aliphatic carbocycles. The van der Waals surface area contributed by atoms with Gasteiger partial charge in [-0.1, -0.05) is 110 Å². The van der Waals surface area contributed by atoms with E-state index < -0.39 is 108 Å². The lowest BCUT2D eigenvalue weighted by molar-refractivity contribution is -0.148. The van der Waals surface area contributed by atoms with E-state index in [2.05, 4.69) is 38.5 Å². The first-order valence-corrected chi connectivity index (χ1v) is 32.8. The average Bonchev–Trinajstić information content (AvgIpc) is 1.23. The summed E-state index contributed by atoms with van der Waals surface area (Å²) < 4.78 is 17.7. The molecule has 26 heteroatoms. The predicted octanol–water partition coefficient (Wildman–Crippen LogP) is 5.22. The van der Waals surface area contributed by atoms with Crippen LogP contribution in [-0.2, 0) is 64.0 Å². The van der Waals surface area contributed by atoms with E-state index in [1.54, 1.807) is 96.8 Å². The lowest BCUT2D eigenvalue weighted by Gasteiger charge is -2.41. The zero-order valence-electron chi connectivity index (χ0n) is 57.3. The fraction of sp³-hybridized carbons (Fsp3) is 0.632. The number of carbonyl (C=O) groups excluding carboxylic acids is 11. The largest absolute Gasteiger partial charge is 0.445 e. The second-order valence-electron chi connectivity index (χ2n) is 25.6. The van der Waals surface area contributed by atoms with Gasteiger partial charge in [0.25, 0.3) is 0 Å². The number of likely N-dealkylation sites (N-methyl/N-ethyl adjacent to an activating group) is 2. The molecule has 9 N–H and O–H groups in total. The second-order valence-corrected chi connectivity index (χ2v) is 25.6. The Morgan fingerprint density at radius 2 is 1.39 bits per heavy atom. The standard InChI is InChI=1S/C68H105N11O15/c1-15-43(8)59(51(92-13)38-55(83)78-37-23-27-50(78)61(93-14)44(9)62(85)71-45(10)60(84)47-24-18-16-19-25-47)76(11)66(89)57(41(4)5)75-65(88)58(42(6)7)77(12)68(91)94-39-46-29-31-48(32-30-46)72-63(86)49(26-22-35-70-67(69)90)73-64(87)56(40(2)3)74-52(80)28-20-17-21-36-79-53(81)33-34-54(79)82/h16,18-19,24-25,29-32,40-41,43-45,49-51,56-61,84H,6,15,17,20-23,26-28,33-39H2,1-5,7-14H3,(H,71,85)(H,72,86)(H,73,87)(H,74,80)(H,75,88)(H3,69,70,90)/t43-,44+,45+,49-,50-,51+,56-,57-,58-,59-,60+,61+/m0/s1. The molecule has 12 atom stereocenters. The summed E-state index contributed by atoms with van der Waals surface area (Å²) >= 11 is 0. The number of likely N-dealkylation sites (tertiary alicyclic amines) is 2. The molecule has 2 aliphatic rings. The second kappa shape index (κ2) is 38.4. The van der Waals surface area contributed by atoms with Crippen LogP contribution in [0.4, 0.5) is 15.3 Å². The van der Waals surface area contributed by atoms with Crippen molar-refractivity contribution in [2.45, 2.75) is 207 Å². The van der Waals surface area contributed by atoms with Gasteiger partial charge in [-0.05, 0) is 99.0 Å². The van der Waals surface area contributed by atoms with Crippen LogP contribution in [0.2, 0.25) is 0 Å². The van der Waals surface area contributed by atoms with Gasteiger partial charge in [0, 0.05) is 72.9 Å². The van der Waals surface area contributed by atoms with E-state index in [1.807, 2.05) is 32.0 Å². The predicted molar refractivity (Wildman–Crippen MR) is 353 cm³/mol. The van der Waals surface area contributed by atoms with Crippen molar-refractivity contribution in [1.82, 2.24) is 46.2 Å². The van der Waals surface area contributed by atoms with Gasteiger partial charge in [0.1, 0.15) is 30.8 Å². The molecule has 2 aromatic rings. The van der Waals surface area contributed by atoms with Crippen molar-refractivity contribution in [2.75, 3.05) is 53.3 Å². The first kappa shape index (κ1) is 78.5. The molecule has 0 unspecified atom stereocenters. The molecule has 2 heterocycles. The zero-order chi connectivity index (χ0) is 70.1. The molecule has 12 amide bonds. The molecule has 26 nitrogen and oxygen atoms in total. The van der Waals surface area contributed by atoms with Crippen LogP contribution in [0, 0.1) is 23.7 Å². The van der Waals surface area contributed by atoms with Crippen LogP contribution in [-0.4, -0.2) is 192 Å². The Morgan fingerprint density at radius 3 is 1.97 bits per heavy atom. The minimum Gasteiger partial charge on any atom is -0.445 e. The number of methoxy groups -OCH3 is 2. The quantitative estimate of drug-likeness (QED) is 0.0243. The number of nitrogens with one attached hydrogen (secondary N) is 6. The van der Waals surface area contributed by atoms with Crippen molar-refractivity contribution in [2.24, 2.45) is 29.4 Å². The normalized spacial score (nSPS) is 17.5. The molecule has 94 heavy (non-hydrogen) atoms. The van der Waals surface area contributed by atoms with E-state index in [1.165, 1.54) is 31.1 Å². The maximum Gasteiger partial charge on any atom is 0.410 e. The van der Waals surface area contributed by atoms with E-state index in [-0.39, 0.29) is 98.6 Å². The number of carbonyl (C=O) groups is 11. The Morgan fingerprint density at radius 1 is 0.755 bits per heavy atom. The van der Waals surface area contributed by atoms with E-state index in [0.29, 0.717) is 68.4 Å². The molecule has 2 aromatic carbocycles. The SMILES string of the molecule is C=C(C)[C@@H](C(=O)N[C@H](C(=O)N(C)[C@@H]([C@@H](C)CC)[C@@H](CC(=O)N1CCC[C@H]1[C@H](OC)[C@@H](C)C(=O)N[C@H](C)[C@@H](O)c1ccccc1)OC)C(C)C)N(C)C(=O)OCc1ccc(NC(=O)[C@H](CCCNC(N)=O)NC(=O)[C@@H](NC(=O)CCCCCN2C(=O)CCC2=O)C(C)C)cc1. The molecule has 2 fully saturated rings. The molecule has 2 saturated heterocycles. The van der Waals surface area contributed by atoms with Gasteiger partial charge in [-0.2, -0.15) is 0 Å². The van der Waals surface area contributed by atoms with Crippen LogP contribution in [0.1, 0.15) is 157 Å². The third-order valence-corrected chi connectivity index (χ3v) is 17.8. The number of rotatable bonds is 38. The van der Waals surface area contributed by atoms with Gasteiger partial charge in [0.05, 0.1) is 48.8 Å². The molecule has 0 bridgehead atoms. The van der Waals surface area contributed by atoms with Gasteiger partial charge in [-0.15, -0.1) is 0 Å². The first-order valence-electron chi connectivity index (χ1n) is 32.8. The van der Waals surface area contributed by atoms with Gasteiger partial charge in [-0.3, -0.25) is 53.0 Å². The smallest absolute Gasteiger partial charge is 0.410 e. The molecular weight excluding hydrogens is 1210 g/mol. The van der Waals surface area contributed by atoms with Crippen molar-refractivity contribution < 1.29 is 72.1 Å². The van der Waals surface area contributed by atoms with E-state index in [9.17, 15) is 57.8 Å². The van der Waals surface area contributed by atoms with Crippen molar-refractivity contribution in [3.8, 4) is 0 Å². The van der Waals surface area contributed by atoms with Crippen LogP contribution >= 0.6 is 0 Å². The number of hydrogen-bond acceptors (Lipinski definition) is 15. The minimum absolute atomic E-state index is 0.0824. The fourth-order valence-electron chi connectivity index (χ4n) is 12.1. The van der Waals surface area contributed by atoms with E-state index in [4.69, 9.17) is 19.9 Å². The summed E-state index contributed by atoms with van der Waals surface area (Å²) in [5, 5.41) is 27.5. The van der Waals surface area contributed by atoms with Gasteiger partial charge in [0.15, 0.2) is 0 Å². The summed E-state index contributed by atoms with van der Waals surface area (Å²) in [7, 11) is 5.99. The first-order chi connectivity index (χ1) is 44.5. The maximum atomic E-state index is 14.8. The summed E-state index contributed by atoms with van der Waals surface area (Å²) in [4.78, 5) is 152. The van der Waals surface area contributed by atoms with Gasteiger partial charge >= 0.3 is 12.1 Å². The monoisotopic (exact) mass is 1320 g/mol. The van der Waals surface area contributed by atoms with Gasteiger partial charge in [0.2, 0.25) is 53.2 Å². The van der Waals surface area contributed by atoms with Crippen molar-refractivity contribution in [1.29, 1.82) is 0 Å². The number of primary amides is 1. The van der Waals surface area contributed by atoms with Crippen LogP contribution in [0.25, 0.3) is 0 Å². The van der Waals surface area contributed by atoms with Gasteiger partial charge < -0.3 is 66.8 Å². The van der Waals surface area contributed by atoms with Crippen LogP contribution in [0.3, 0.4) is 0 Å². The average molecular weight is 1320 g/mol. The molecule has 0 radical (unpaired) electrons. The summed E-state index contributed by atoms with van der Waals surface area (Å²) in [6.07, 6.45) is 0.910. The number of nitrogens with two attached hydrogens (primary N) is 1. The molecule has 2 aliphatic heterocycles. The third-order valence-electron chi connectivity index (χ3n) is 17.8. The summed E-state index contributed by atoms with van der Waals surface area (Å²) in [6.45, 7) is 20.6.